The Labute approximate surface area is 226 Å². The Morgan fingerprint density at radius 2 is 1.76 bits per heavy atom. The SMILES string of the molecule is COC(=O)CC[C@@H](C)C1CCC2C3C(CC[C@@]21C)[C@@]1(C)CC[C@H](NCCCNCCCN)CC1C[C@H]3O. The molecule has 0 aromatic carbocycles. The number of aliphatic hydroxyl groups excluding tert-OH is 1. The number of nitrogens with two attached hydrogens (primary N) is 1. The summed E-state index contributed by atoms with van der Waals surface area (Å²) in [6.45, 7) is 11.4. The van der Waals surface area contributed by atoms with Crippen LogP contribution in [0.5, 0.6) is 0 Å². The van der Waals surface area contributed by atoms with E-state index in [9.17, 15) is 9.90 Å². The third kappa shape index (κ3) is 6.07. The average molecular weight is 520 g/mol. The minimum Gasteiger partial charge on any atom is -0.469 e. The molecule has 214 valence electrons. The standard InChI is InChI=1S/C31H57N3O3/c1-21(7-10-28(36)37-4)24-8-9-25-29-26(12-14-31(24,25)3)30(2)13-11-23(19-22(30)20-27(29)35)34-18-6-17-33-16-5-15-32/h21-27,29,33-35H,5-20,32H2,1-4H3/t21-,22?,23+,24?,25?,26?,27-,29?,30+,31-/m1/s1. The van der Waals surface area contributed by atoms with E-state index in [0.29, 0.717) is 58.8 Å². The Bertz CT molecular complexity index is 749. The summed E-state index contributed by atoms with van der Waals surface area (Å²) in [6, 6.07) is 0.603. The number of carbonyl (C=O) groups excluding carboxylic acids is 1. The van der Waals surface area contributed by atoms with E-state index in [1.807, 2.05) is 0 Å². The number of methoxy groups -OCH3 is 1. The van der Waals surface area contributed by atoms with Crippen LogP contribution in [0.2, 0.25) is 0 Å². The molecule has 4 aliphatic rings. The van der Waals surface area contributed by atoms with Gasteiger partial charge in [0.2, 0.25) is 0 Å². The summed E-state index contributed by atoms with van der Waals surface area (Å²) in [5.41, 5.74) is 6.25. The number of fused-ring (bicyclic) bond motifs is 5. The van der Waals surface area contributed by atoms with Crippen LogP contribution in [0.25, 0.3) is 0 Å². The molecule has 0 aliphatic heterocycles. The van der Waals surface area contributed by atoms with Gasteiger partial charge in [0.25, 0.3) is 0 Å². The van der Waals surface area contributed by atoms with Crippen molar-refractivity contribution in [3.8, 4) is 0 Å². The van der Waals surface area contributed by atoms with Gasteiger partial charge in [0.05, 0.1) is 13.2 Å². The van der Waals surface area contributed by atoms with Crippen LogP contribution in [-0.4, -0.2) is 56.5 Å². The summed E-state index contributed by atoms with van der Waals surface area (Å²) >= 11 is 0. The predicted molar refractivity (Wildman–Crippen MR) is 150 cm³/mol. The molecule has 0 saturated heterocycles. The molecule has 0 bridgehead atoms. The molecule has 6 nitrogen and oxygen atoms in total. The van der Waals surface area contributed by atoms with Gasteiger partial charge in [0, 0.05) is 12.5 Å². The summed E-state index contributed by atoms with van der Waals surface area (Å²) < 4.78 is 4.91. The fraction of sp³-hybridized carbons (Fsp3) is 0.968. The van der Waals surface area contributed by atoms with E-state index in [0.717, 1.165) is 51.9 Å². The Morgan fingerprint density at radius 3 is 2.51 bits per heavy atom. The number of nitrogens with one attached hydrogen (secondary N) is 2. The molecule has 4 saturated carbocycles. The fourth-order valence-electron chi connectivity index (χ4n) is 9.90. The Hall–Kier alpha value is -0.690. The van der Waals surface area contributed by atoms with Crippen molar-refractivity contribution in [2.75, 3.05) is 33.3 Å². The number of esters is 1. The normalized spacial score (nSPS) is 41.9. The molecule has 4 fully saturated rings. The van der Waals surface area contributed by atoms with E-state index < -0.39 is 0 Å². The largest absolute Gasteiger partial charge is 0.469 e. The maximum Gasteiger partial charge on any atom is 0.305 e. The molecule has 5 N–H and O–H groups in total. The smallest absolute Gasteiger partial charge is 0.305 e. The van der Waals surface area contributed by atoms with Gasteiger partial charge in [-0.3, -0.25) is 4.79 Å². The van der Waals surface area contributed by atoms with Crippen molar-refractivity contribution in [2.24, 2.45) is 52.1 Å². The molecule has 5 unspecified atom stereocenters. The summed E-state index contributed by atoms with van der Waals surface area (Å²) in [4.78, 5) is 11.8. The molecular formula is C31H57N3O3. The molecule has 4 rings (SSSR count). The van der Waals surface area contributed by atoms with Gasteiger partial charge in [-0.1, -0.05) is 20.8 Å². The Morgan fingerprint density at radius 1 is 1.03 bits per heavy atom. The highest BCUT2D eigenvalue weighted by molar-refractivity contribution is 5.69. The van der Waals surface area contributed by atoms with Crippen molar-refractivity contribution in [3.63, 3.8) is 0 Å². The van der Waals surface area contributed by atoms with Crippen LogP contribution in [0.15, 0.2) is 0 Å². The maximum atomic E-state index is 11.8. The molecule has 0 spiro atoms. The van der Waals surface area contributed by atoms with Crippen LogP contribution in [-0.2, 0) is 9.53 Å². The van der Waals surface area contributed by atoms with Gasteiger partial charge in [-0.25, -0.2) is 0 Å². The van der Waals surface area contributed by atoms with E-state index >= 15 is 0 Å². The number of ether oxygens (including phenoxy) is 1. The minimum absolute atomic E-state index is 0.0822. The fourth-order valence-corrected chi connectivity index (χ4v) is 9.90. The molecule has 0 amide bonds. The van der Waals surface area contributed by atoms with E-state index in [1.165, 1.54) is 52.1 Å². The van der Waals surface area contributed by atoms with Crippen molar-refractivity contribution in [1.29, 1.82) is 0 Å². The lowest BCUT2D eigenvalue weighted by Gasteiger charge is -2.62. The van der Waals surface area contributed by atoms with Crippen LogP contribution in [0.3, 0.4) is 0 Å². The second-order valence-electron chi connectivity index (χ2n) is 13.8. The van der Waals surface area contributed by atoms with Crippen molar-refractivity contribution in [2.45, 2.75) is 110 Å². The van der Waals surface area contributed by atoms with E-state index in [1.54, 1.807) is 0 Å². The molecule has 0 heterocycles. The van der Waals surface area contributed by atoms with E-state index in [4.69, 9.17) is 10.5 Å². The number of carbonyl (C=O) groups is 1. The van der Waals surface area contributed by atoms with Crippen molar-refractivity contribution < 1.29 is 14.6 Å². The molecular weight excluding hydrogens is 462 g/mol. The lowest BCUT2D eigenvalue weighted by molar-refractivity contribution is -0.167. The third-order valence-corrected chi connectivity index (χ3v) is 12.0. The zero-order valence-corrected chi connectivity index (χ0v) is 24.3. The average Bonchev–Trinajstić information content (AvgIpc) is 3.24. The first-order valence-electron chi connectivity index (χ1n) is 15.6. The summed E-state index contributed by atoms with van der Waals surface area (Å²) in [5, 5.41) is 19.0. The minimum atomic E-state index is -0.151. The van der Waals surface area contributed by atoms with Gasteiger partial charge < -0.3 is 26.2 Å². The summed E-state index contributed by atoms with van der Waals surface area (Å²) in [7, 11) is 1.49. The molecule has 6 heteroatoms. The van der Waals surface area contributed by atoms with Gasteiger partial charge in [0.15, 0.2) is 0 Å². The van der Waals surface area contributed by atoms with Crippen LogP contribution in [0.1, 0.15) is 97.8 Å². The summed E-state index contributed by atoms with van der Waals surface area (Å²) in [5.74, 6) is 3.50. The molecule has 37 heavy (non-hydrogen) atoms. The second-order valence-corrected chi connectivity index (χ2v) is 13.8. The lowest BCUT2D eigenvalue weighted by atomic mass is 9.43. The highest BCUT2D eigenvalue weighted by Crippen LogP contribution is 2.68. The first-order valence-corrected chi connectivity index (χ1v) is 15.6. The van der Waals surface area contributed by atoms with Gasteiger partial charge in [-0.15, -0.1) is 0 Å². The number of hydrogen-bond acceptors (Lipinski definition) is 6. The van der Waals surface area contributed by atoms with Crippen LogP contribution < -0.4 is 16.4 Å². The molecule has 10 atom stereocenters. The van der Waals surface area contributed by atoms with Gasteiger partial charge in [0.1, 0.15) is 0 Å². The topological polar surface area (TPSA) is 96.6 Å². The lowest BCUT2D eigenvalue weighted by Crippen LogP contribution is -2.59. The van der Waals surface area contributed by atoms with Crippen LogP contribution in [0, 0.1) is 46.3 Å². The van der Waals surface area contributed by atoms with Crippen molar-refractivity contribution >= 4 is 5.97 Å². The Kier molecular flexibility index (Phi) is 10.0. The van der Waals surface area contributed by atoms with Gasteiger partial charge in [-0.2, -0.15) is 0 Å². The first kappa shape index (κ1) is 29.3. The highest BCUT2D eigenvalue weighted by atomic mass is 16.5. The van der Waals surface area contributed by atoms with E-state index in [-0.39, 0.29) is 12.1 Å². The van der Waals surface area contributed by atoms with Gasteiger partial charge in [-0.05, 0) is 143 Å². The molecule has 0 aromatic rings. The zero-order chi connectivity index (χ0) is 26.6. The number of aliphatic hydroxyl groups is 1. The van der Waals surface area contributed by atoms with Gasteiger partial charge >= 0.3 is 5.97 Å². The third-order valence-electron chi connectivity index (χ3n) is 12.0. The van der Waals surface area contributed by atoms with Crippen molar-refractivity contribution in [3.05, 3.63) is 0 Å². The number of rotatable bonds is 12. The monoisotopic (exact) mass is 519 g/mol. The second kappa shape index (κ2) is 12.7. The molecule has 0 aromatic heterocycles. The van der Waals surface area contributed by atoms with Crippen LogP contribution in [0.4, 0.5) is 0 Å². The number of hydrogen-bond donors (Lipinski definition) is 4. The van der Waals surface area contributed by atoms with Crippen molar-refractivity contribution in [1.82, 2.24) is 10.6 Å². The first-order chi connectivity index (χ1) is 17.7. The molecule has 0 radical (unpaired) electrons. The maximum absolute atomic E-state index is 11.8. The van der Waals surface area contributed by atoms with Crippen LogP contribution >= 0.6 is 0 Å². The quantitative estimate of drug-likeness (QED) is 0.224. The summed E-state index contributed by atoms with van der Waals surface area (Å²) in [6.07, 6.45) is 13.4. The predicted octanol–water partition coefficient (Wildman–Crippen LogP) is 4.49. The Balaban J connectivity index is 1.34. The highest BCUT2D eigenvalue weighted by Gasteiger charge is 2.62. The molecule has 4 aliphatic carbocycles. The van der Waals surface area contributed by atoms with E-state index in [2.05, 4.69) is 31.4 Å². The zero-order valence-electron chi connectivity index (χ0n) is 24.3.